The molecule has 4 heteroatoms. The second kappa shape index (κ2) is 4.82. The van der Waals surface area contributed by atoms with Crippen LogP contribution in [-0.4, -0.2) is 16.8 Å². The minimum Gasteiger partial charge on any atom is -0.375 e. The van der Waals surface area contributed by atoms with Gasteiger partial charge in [-0.3, -0.25) is 9.59 Å². The van der Waals surface area contributed by atoms with Crippen molar-refractivity contribution in [3.8, 4) is 0 Å². The monoisotopic (exact) mass is 281 g/mol. The molecule has 0 spiro atoms. The molecule has 0 bridgehead atoms. The van der Waals surface area contributed by atoms with Gasteiger partial charge in [0.1, 0.15) is 0 Å². The molecule has 0 fully saturated rings. The van der Waals surface area contributed by atoms with Crippen LogP contribution in [0.1, 0.15) is 27.9 Å². The van der Waals surface area contributed by atoms with Crippen molar-refractivity contribution in [3.63, 3.8) is 0 Å². The zero-order valence-electron chi connectivity index (χ0n) is 11.6. The first-order valence-corrected chi connectivity index (χ1v) is 6.74. The van der Waals surface area contributed by atoms with E-state index in [1.54, 1.807) is 36.4 Å². The zero-order valence-corrected chi connectivity index (χ0v) is 11.6. The first-order chi connectivity index (χ1) is 10.0. The van der Waals surface area contributed by atoms with E-state index in [0.717, 1.165) is 5.56 Å². The number of anilines is 1. The summed E-state index contributed by atoms with van der Waals surface area (Å²) in [4.78, 5) is 24.4. The molecule has 0 aromatic heterocycles. The molecule has 4 nitrogen and oxygen atoms in total. The smallest absolute Gasteiger partial charge is 0.261 e. The normalized spacial score (nSPS) is 20.0. The number of Topliss-reactive ketones (excluding diaryl/α,β-unsaturated/α-hetero) is 1. The fraction of sp³-hybridized carbons (Fsp3) is 0.176. The first kappa shape index (κ1) is 13.5. The second-order valence-electron chi connectivity index (χ2n) is 5.33. The molecule has 1 aliphatic heterocycles. The Morgan fingerprint density at radius 3 is 2.52 bits per heavy atom. The molecule has 1 atom stereocenters. The Balaban J connectivity index is 1.92. The van der Waals surface area contributed by atoms with Crippen LogP contribution < -0.4 is 5.32 Å². The lowest BCUT2D eigenvalue weighted by Crippen LogP contribution is -2.36. The Morgan fingerprint density at radius 1 is 1.14 bits per heavy atom. The quantitative estimate of drug-likeness (QED) is 0.849. The number of amides is 1. The molecule has 1 aliphatic rings. The van der Waals surface area contributed by atoms with E-state index in [0.29, 0.717) is 16.8 Å². The summed E-state index contributed by atoms with van der Waals surface area (Å²) in [5, 5.41) is 13.3. The summed E-state index contributed by atoms with van der Waals surface area (Å²) < 4.78 is 0. The maximum atomic E-state index is 12.3. The maximum Gasteiger partial charge on any atom is 0.261 e. The summed E-state index contributed by atoms with van der Waals surface area (Å²) >= 11 is 0. The van der Waals surface area contributed by atoms with Gasteiger partial charge >= 0.3 is 0 Å². The highest BCUT2D eigenvalue weighted by Gasteiger charge is 2.46. The van der Waals surface area contributed by atoms with Crippen LogP contribution in [0.4, 0.5) is 5.69 Å². The van der Waals surface area contributed by atoms with E-state index in [9.17, 15) is 14.7 Å². The highest BCUT2D eigenvalue weighted by Crippen LogP contribution is 2.38. The number of aliphatic hydroxyl groups is 1. The molecule has 1 heterocycles. The molecule has 0 unspecified atom stereocenters. The Hall–Kier alpha value is -2.46. The predicted molar refractivity (Wildman–Crippen MR) is 79.1 cm³/mol. The van der Waals surface area contributed by atoms with Gasteiger partial charge in [-0.05, 0) is 13.0 Å². The summed E-state index contributed by atoms with van der Waals surface area (Å²) in [5.74, 6) is -0.812. The van der Waals surface area contributed by atoms with Crippen LogP contribution in [0.3, 0.4) is 0 Å². The number of para-hydroxylation sites is 1. The lowest BCUT2D eigenvalue weighted by Gasteiger charge is -2.19. The van der Waals surface area contributed by atoms with Gasteiger partial charge in [-0.25, -0.2) is 0 Å². The van der Waals surface area contributed by atoms with Crippen LogP contribution in [0.5, 0.6) is 0 Å². The fourth-order valence-corrected chi connectivity index (χ4v) is 2.55. The van der Waals surface area contributed by atoms with Gasteiger partial charge in [-0.1, -0.05) is 48.0 Å². The minimum atomic E-state index is -1.79. The zero-order chi connectivity index (χ0) is 15.0. The van der Waals surface area contributed by atoms with Crippen LogP contribution in [0.25, 0.3) is 0 Å². The molecule has 21 heavy (non-hydrogen) atoms. The first-order valence-electron chi connectivity index (χ1n) is 6.74. The van der Waals surface area contributed by atoms with Crippen molar-refractivity contribution < 1.29 is 14.7 Å². The number of aryl methyl sites for hydroxylation is 1. The molecular formula is C17H15NO3. The largest absolute Gasteiger partial charge is 0.375 e. The molecule has 0 saturated heterocycles. The lowest BCUT2D eigenvalue weighted by molar-refractivity contribution is -0.133. The SMILES string of the molecule is Cc1ccc(C(=O)C[C@]2(O)C(=O)Nc3ccccc32)cc1. The van der Waals surface area contributed by atoms with E-state index in [2.05, 4.69) is 5.32 Å². The van der Waals surface area contributed by atoms with Crippen molar-refractivity contribution in [2.45, 2.75) is 18.9 Å². The number of carbonyl (C=O) groups is 2. The van der Waals surface area contributed by atoms with Crippen LogP contribution in [0, 0.1) is 6.92 Å². The van der Waals surface area contributed by atoms with Gasteiger partial charge in [-0.2, -0.15) is 0 Å². The summed E-state index contributed by atoms with van der Waals surface area (Å²) in [6, 6.07) is 14.0. The Labute approximate surface area is 122 Å². The Bertz CT molecular complexity index is 721. The average Bonchev–Trinajstić information content (AvgIpc) is 2.71. The molecule has 0 saturated carbocycles. The van der Waals surface area contributed by atoms with Gasteiger partial charge in [0.05, 0.1) is 6.42 Å². The molecule has 2 aromatic carbocycles. The molecule has 0 radical (unpaired) electrons. The number of benzene rings is 2. The van der Waals surface area contributed by atoms with Crippen LogP contribution in [0.15, 0.2) is 48.5 Å². The Morgan fingerprint density at radius 2 is 1.81 bits per heavy atom. The second-order valence-corrected chi connectivity index (χ2v) is 5.33. The van der Waals surface area contributed by atoms with Crippen molar-refractivity contribution in [3.05, 3.63) is 65.2 Å². The predicted octanol–water partition coefficient (Wildman–Crippen LogP) is 2.41. The number of hydrogen-bond acceptors (Lipinski definition) is 3. The van der Waals surface area contributed by atoms with E-state index < -0.39 is 11.5 Å². The molecule has 2 N–H and O–H groups in total. The maximum absolute atomic E-state index is 12.3. The third-order valence-electron chi connectivity index (χ3n) is 3.79. The van der Waals surface area contributed by atoms with Gasteiger partial charge in [0, 0.05) is 16.8 Å². The van der Waals surface area contributed by atoms with Gasteiger partial charge in [-0.15, -0.1) is 0 Å². The lowest BCUT2D eigenvalue weighted by atomic mass is 9.88. The summed E-state index contributed by atoms with van der Waals surface area (Å²) in [5.41, 5.74) is 0.760. The van der Waals surface area contributed by atoms with Crippen LogP contribution in [0.2, 0.25) is 0 Å². The average molecular weight is 281 g/mol. The third-order valence-corrected chi connectivity index (χ3v) is 3.79. The van der Waals surface area contributed by atoms with Gasteiger partial charge in [0.15, 0.2) is 11.4 Å². The number of hydrogen-bond donors (Lipinski definition) is 2. The molecular weight excluding hydrogens is 266 g/mol. The number of nitrogens with one attached hydrogen (secondary N) is 1. The van der Waals surface area contributed by atoms with E-state index >= 15 is 0 Å². The minimum absolute atomic E-state index is 0.260. The van der Waals surface area contributed by atoms with E-state index in [4.69, 9.17) is 0 Å². The third kappa shape index (κ3) is 2.23. The van der Waals surface area contributed by atoms with E-state index in [1.807, 2.05) is 19.1 Å². The van der Waals surface area contributed by atoms with Crippen molar-refractivity contribution in [1.82, 2.24) is 0 Å². The number of ketones is 1. The highest BCUT2D eigenvalue weighted by atomic mass is 16.3. The molecule has 3 rings (SSSR count). The summed E-state index contributed by atoms with van der Waals surface area (Å²) in [7, 11) is 0. The van der Waals surface area contributed by atoms with Crippen LogP contribution >= 0.6 is 0 Å². The fourth-order valence-electron chi connectivity index (χ4n) is 2.55. The van der Waals surface area contributed by atoms with Crippen molar-refractivity contribution in [2.24, 2.45) is 0 Å². The van der Waals surface area contributed by atoms with Gasteiger partial charge < -0.3 is 10.4 Å². The van der Waals surface area contributed by atoms with Gasteiger partial charge in [0.2, 0.25) is 0 Å². The molecule has 1 amide bonds. The molecule has 0 aliphatic carbocycles. The van der Waals surface area contributed by atoms with Crippen molar-refractivity contribution in [1.29, 1.82) is 0 Å². The van der Waals surface area contributed by atoms with Crippen molar-refractivity contribution >= 4 is 17.4 Å². The molecule has 106 valence electrons. The molecule has 2 aromatic rings. The number of carbonyl (C=O) groups excluding carboxylic acids is 2. The number of fused-ring (bicyclic) bond motifs is 1. The highest BCUT2D eigenvalue weighted by molar-refractivity contribution is 6.09. The number of rotatable bonds is 3. The van der Waals surface area contributed by atoms with E-state index in [1.165, 1.54) is 0 Å². The van der Waals surface area contributed by atoms with Crippen molar-refractivity contribution in [2.75, 3.05) is 5.32 Å². The summed E-state index contributed by atoms with van der Waals surface area (Å²) in [6.07, 6.45) is -0.265. The topological polar surface area (TPSA) is 66.4 Å². The van der Waals surface area contributed by atoms with Gasteiger partial charge in [0.25, 0.3) is 5.91 Å². The van der Waals surface area contributed by atoms with Crippen LogP contribution in [-0.2, 0) is 10.4 Å². The standard InChI is InChI=1S/C17H15NO3/c1-11-6-8-12(9-7-11)15(19)10-17(21)13-4-2-3-5-14(13)18-16(17)20/h2-9,21H,10H2,1H3,(H,18,20)/t17-/m1/s1. The van der Waals surface area contributed by atoms with E-state index in [-0.39, 0.29) is 12.2 Å². The summed E-state index contributed by atoms with van der Waals surface area (Å²) in [6.45, 7) is 1.93. The Kier molecular flexibility index (Phi) is 3.11.